The largest absolute Gasteiger partial charge is 1.00 e. The molecule has 168 valence electrons. The van der Waals surface area contributed by atoms with Gasteiger partial charge < -0.3 is 10.4 Å². The van der Waals surface area contributed by atoms with Crippen LogP contribution in [0.25, 0.3) is 21.4 Å². The van der Waals surface area contributed by atoms with E-state index >= 15 is 0 Å². The summed E-state index contributed by atoms with van der Waals surface area (Å²) in [5.41, 5.74) is 0.859. The summed E-state index contributed by atoms with van der Waals surface area (Å²) in [5, 5.41) is 27.7. The van der Waals surface area contributed by atoms with Gasteiger partial charge in [0.05, 0.1) is 18.3 Å². The van der Waals surface area contributed by atoms with E-state index in [9.17, 15) is 9.90 Å². The molecule has 36 heavy (non-hydrogen) atoms. The quantitative estimate of drug-likeness (QED) is 0.228. The molecule has 0 spiro atoms. The molecule has 5 rings (SSSR count). The summed E-state index contributed by atoms with van der Waals surface area (Å²) in [6.07, 6.45) is 2.96. The molecule has 0 aliphatic rings. The Labute approximate surface area is 228 Å². The standard InChI is InChI=1S/C26H16N7O2.Na/c1-27-21-16-29-33(22-13-7-8-14-28-22)25(21)32-31-20-15-17-9-5-6-12-19(17)23(24(20)34)26(35)30-18-10-3-2-4-11-18;/h3-16,34H,(H,30,35);/q-1;+1. The summed E-state index contributed by atoms with van der Waals surface area (Å²) in [6, 6.07) is 23.7. The second kappa shape index (κ2) is 10.9. The molecule has 0 unspecified atom stereocenters. The number of nitrogens with zero attached hydrogens (tertiary/aromatic N) is 6. The molecule has 0 aliphatic carbocycles. The number of hydrogen-bond acceptors (Lipinski definition) is 6. The molecule has 0 atom stereocenters. The molecule has 0 bridgehead atoms. The molecule has 1 amide bonds. The van der Waals surface area contributed by atoms with E-state index in [1.54, 1.807) is 66.9 Å². The molecule has 3 aromatic carbocycles. The minimum atomic E-state index is -0.498. The maximum Gasteiger partial charge on any atom is 1.00 e. The third-order valence-electron chi connectivity index (χ3n) is 5.17. The molecule has 5 aromatic rings. The molecular formula is C26H16N7NaO2. The first-order valence-corrected chi connectivity index (χ1v) is 10.5. The molecule has 0 saturated carbocycles. The summed E-state index contributed by atoms with van der Waals surface area (Å²) in [7, 11) is 0. The molecule has 2 heterocycles. The molecule has 10 heteroatoms. The van der Waals surface area contributed by atoms with E-state index < -0.39 is 5.91 Å². The van der Waals surface area contributed by atoms with Crippen LogP contribution in [0, 0.1) is 12.6 Å². The van der Waals surface area contributed by atoms with E-state index in [2.05, 4.69) is 36.5 Å². The van der Waals surface area contributed by atoms with Crippen molar-refractivity contribution in [2.24, 2.45) is 10.2 Å². The van der Waals surface area contributed by atoms with Crippen LogP contribution in [0.5, 0.6) is 5.75 Å². The number of aromatic hydroxyl groups is 1. The number of fused-ring (bicyclic) bond motifs is 1. The molecule has 9 nitrogen and oxygen atoms in total. The van der Waals surface area contributed by atoms with Crippen molar-refractivity contribution >= 4 is 39.6 Å². The summed E-state index contributed by atoms with van der Waals surface area (Å²) < 4.78 is 1.38. The molecule has 2 aromatic heterocycles. The Morgan fingerprint density at radius 2 is 1.86 bits per heavy atom. The Bertz CT molecular complexity index is 1610. The second-order valence-electron chi connectivity index (χ2n) is 7.35. The first-order valence-electron chi connectivity index (χ1n) is 10.5. The van der Waals surface area contributed by atoms with Crippen molar-refractivity contribution in [1.29, 1.82) is 0 Å². The minimum Gasteiger partial charge on any atom is -0.505 e. The number of rotatable bonds is 5. The Balaban J connectivity index is 0.00000304. The van der Waals surface area contributed by atoms with Crippen LogP contribution in [0.15, 0.2) is 95.4 Å². The van der Waals surface area contributed by atoms with Crippen molar-refractivity contribution in [3.05, 3.63) is 108 Å². The van der Waals surface area contributed by atoms with Crippen molar-refractivity contribution < 1.29 is 39.5 Å². The normalized spacial score (nSPS) is 10.6. The second-order valence-corrected chi connectivity index (χ2v) is 7.35. The van der Waals surface area contributed by atoms with Crippen LogP contribution >= 0.6 is 0 Å². The van der Waals surface area contributed by atoms with Gasteiger partial charge in [0.1, 0.15) is 5.69 Å². The third kappa shape index (κ3) is 4.87. The van der Waals surface area contributed by atoms with Crippen LogP contribution in [0.2, 0.25) is 0 Å². The number of azo groups is 1. The van der Waals surface area contributed by atoms with Crippen molar-refractivity contribution in [3.63, 3.8) is 0 Å². The van der Waals surface area contributed by atoms with E-state index in [0.717, 1.165) is 0 Å². The zero-order valence-corrected chi connectivity index (χ0v) is 21.1. The van der Waals surface area contributed by atoms with Crippen LogP contribution in [-0.2, 0) is 0 Å². The fourth-order valence-corrected chi connectivity index (χ4v) is 3.55. The number of pyridine rings is 1. The van der Waals surface area contributed by atoms with Crippen LogP contribution in [0.4, 0.5) is 22.9 Å². The van der Waals surface area contributed by atoms with Gasteiger partial charge in [-0.1, -0.05) is 36.0 Å². The number of benzene rings is 3. The van der Waals surface area contributed by atoms with Gasteiger partial charge in [0.15, 0.2) is 17.4 Å². The van der Waals surface area contributed by atoms with Gasteiger partial charge in [0, 0.05) is 6.20 Å². The molecule has 0 aliphatic heterocycles. The number of anilines is 1. The van der Waals surface area contributed by atoms with Crippen molar-refractivity contribution in [1.82, 2.24) is 14.8 Å². The Morgan fingerprint density at radius 1 is 1.08 bits per heavy atom. The van der Waals surface area contributed by atoms with Gasteiger partial charge >= 0.3 is 29.6 Å². The average Bonchev–Trinajstić information content (AvgIpc) is 3.31. The monoisotopic (exact) mass is 481 g/mol. The number of aromatic nitrogens is 3. The van der Waals surface area contributed by atoms with Gasteiger partial charge in [0.2, 0.25) is 0 Å². The van der Waals surface area contributed by atoms with Gasteiger partial charge in [-0.3, -0.25) is 4.79 Å². The van der Waals surface area contributed by atoms with Crippen molar-refractivity contribution in [2.45, 2.75) is 0 Å². The van der Waals surface area contributed by atoms with E-state index in [1.807, 2.05) is 12.1 Å². The maximum atomic E-state index is 13.2. The van der Waals surface area contributed by atoms with Gasteiger partial charge in [0.25, 0.3) is 11.6 Å². The van der Waals surface area contributed by atoms with Gasteiger partial charge in [-0.2, -0.15) is 23.3 Å². The fraction of sp³-hybridized carbons (Fsp3) is 0. The summed E-state index contributed by atoms with van der Waals surface area (Å²) >= 11 is 0. The van der Waals surface area contributed by atoms with Gasteiger partial charge in [-0.15, -0.1) is 22.4 Å². The van der Waals surface area contributed by atoms with Crippen molar-refractivity contribution in [3.8, 4) is 11.6 Å². The van der Waals surface area contributed by atoms with Crippen LogP contribution in [0.3, 0.4) is 0 Å². The van der Waals surface area contributed by atoms with Crippen LogP contribution in [-0.4, -0.2) is 25.8 Å². The van der Waals surface area contributed by atoms with E-state index in [1.165, 1.54) is 10.9 Å². The van der Waals surface area contributed by atoms with Crippen LogP contribution in [0.1, 0.15) is 10.4 Å². The maximum absolute atomic E-state index is 13.2. The summed E-state index contributed by atoms with van der Waals surface area (Å²) in [5.74, 6) is -0.222. The average molecular weight is 481 g/mol. The summed E-state index contributed by atoms with van der Waals surface area (Å²) in [6.45, 7) is 7.44. The first-order chi connectivity index (χ1) is 17.2. The van der Waals surface area contributed by atoms with E-state index in [-0.39, 0.29) is 58.1 Å². The van der Waals surface area contributed by atoms with Gasteiger partial charge in [-0.25, -0.2) is 14.5 Å². The Hall–Kier alpha value is -4.36. The predicted octanol–water partition coefficient (Wildman–Crippen LogP) is 3.15. The Morgan fingerprint density at radius 3 is 2.61 bits per heavy atom. The molecular weight excluding hydrogens is 465 g/mol. The summed E-state index contributed by atoms with van der Waals surface area (Å²) in [4.78, 5) is 20.8. The van der Waals surface area contributed by atoms with Gasteiger partial charge in [-0.05, 0) is 29.0 Å². The smallest absolute Gasteiger partial charge is 0.505 e. The molecule has 0 fully saturated rings. The van der Waals surface area contributed by atoms with E-state index in [0.29, 0.717) is 22.3 Å². The topological polar surface area (TPSA) is 109 Å². The predicted molar refractivity (Wildman–Crippen MR) is 131 cm³/mol. The number of hydrogen-bond donors (Lipinski definition) is 2. The third-order valence-corrected chi connectivity index (χ3v) is 5.17. The minimum absolute atomic E-state index is 0. The number of carbonyl (C=O) groups excluding carboxylic acids is 1. The number of phenols is 1. The fourth-order valence-electron chi connectivity index (χ4n) is 3.55. The molecule has 2 N–H and O–H groups in total. The van der Waals surface area contributed by atoms with Crippen LogP contribution < -0.4 is 34.9 Å². The van der Waals surface area contributed by atoms with Crippen molar-refractivity contribution in [2.75, 3.05) is 5.32 Å². The Kier molecular flexibility index (Phi) is 7.51. The molecule has 0 saturated heterocycles. The zero-order chi connectivity index (χ0) is 24.2. The number of phenolic OH excluding ortho intramolecular Hbond substituents is 1. The number of carbonyl (C=O) groups is 1. The van der Waals surface area contributed by atoms with E-state index in [4.69, 9.17) is 6.57 Å². The molecule has 0 radical (unpaired) electrons. The number of nitrogens with one attached hydrogen (secondary N) is 1. The SMILES string of the molecule is [C-]#[N+]c1cnn(-c2ccccn2)c1N=Nc1cc2ccccc2c(C(=O)Nc2cc[c-]cc2)c1O.[Na+]. The first kappa shape index (κ1) is 24.8. The zero-order valence-electron chi connectivity index (χ0n) is 19.1. The number of amides is 1.